The third-order valence-corrected chi connectivity index (χ3v) is 3.49. The molecule has 2 rings (SSSR count). The normalized spacial score (nSPS) is 10.4. The van der Waals surface area contributed by atoms with Gasteiger partial charge in [-0.05, 0) is 28.1 Å². The van der Waals surface area contributed by atoms with Crippen molar-refractivity contribution in [1.29, 1.82) is 0 Å². The topological polar surface area (TPSA) is 49.8 Å². The number of hydrogen-bond acceptors (Lipinski definition) is 4. The van der Waals surface area contributed by atoms with E-state index in [2.05, 4.69) is 52.5 Å². The molecule has 0 radical (unpaired) electrons. The molecule has 0 saturated heterocycles. The lowest BCUT2D eigenvalue weighted by molar-refractivity contribution is 0.589. The summed E-state index contributed by atoms with van der Waals surface area (Å²) in [6.45, 7) is 0. The van der Waals surface area contributed by atoms with Crippen molar-refractivity contribution in [3.63, 3.8) is 0 Å². The summed E-state index contributed by atoms with van der Waals surface area (Å²) in [6.07, 6.45) is 1.29. The van der Waals surface area contributed by atoms with E-state index in [1.807, 2.05) is 0 Å². The average Bonchev–Trinajstić information content (AvgIpc) is 2.35. The lowest BCUT2D eigenvalue weighted by atomic mass is 10.3. The number of nitrogens with one attached hydrogen (secondary N) is 2. The van der Waals surface area contributed by atoms with Gasteiger partial charge in [0.15, 0.2) is 11.6 Å². The minimum absolute atomic E-state index is 0.263. The summed E-state index contributed by atoms with van der Waals surface area (Å²) >= 11 is 6.28. The first-order valence-electron chi connectivity index (χ1n) is 5.12. The number of benzene rings is 1. The zero-order valence-electron chi connectivity index (χ0n) is 9.64. The molecule has 1 aromatic carbocycles. The minimum Gasteiger partial charge on any atom is -0.372 e. The fourth-order valence-corrected chi connectivity index (χ4v) is 2.32. The Labute approximate surface area is 124 Å². The Hall–Kier alpha value is -1.28. The summed E-state index contributed by atoms with van der Waals surface area (Å²) in [6, 6.07) is 2.33. The van der Waals surface area contributed by atoms with Gasteiger partial charge in [-0.15, -0.1) is 0 Å². The van der Waals surface area contributed by atoms with Crippen molar-refractivity contribution >= 4 is 49.2 Å². The van der Waals surface area contributed by atoms with Crippen LogP contribution in [-0.4, -0.2) is 17.0 Å². The lowest BCUT2D eigenvalue weighted by Gasteiger charge is -2.11. The van der Waals surface area contributed by atoms with Gasteiger partial charge >= 0.3 is 0 Å². The first-order chi connectivity index (χ1) is 9.02. The summed E-state index contributed by atoms with van der Waals surface area (Å²) in [5, 5.41) is 5.43. The highest BCUT2D eigenvalue weighted by molar-refractivity contribution is 9.11. The quantitative estimate of drug-likeness (QED) is 0.825. The molecule has 2 N–H and O–H groups in total. The van der Waals surface area contributed by atoms with E-state index in [0.29, 0.717) is 14.8 Å². The molecular weight excluding hydrogens is 386 g/mol. The Morgan fingerprint density at radius 3 is 2.21 bits per heavy atom. The highest BCUT2D eigenvalue weighted by Gasteiger charge is 2.14. The van der Waals surface area contributed by atoms with Gasteiger partial charge in [0.1, 0.15) is 28.1 Å². The van der Waals surface area contributed by atoms with Crippen molar-refractivity contribution < 1.29 is 8.78 Å². The van der Waals surface area contributed by atoms with Crippen molar-refractivity contribution in [2.24, 2.45) is 0 Å². The summed E-state index contributed by atoms with van der Waals surface area (Å²) in [7, 11) is 1.68. The molecule has 0 atom stereocenters. The van der Waals surface area contributed by atoms with Gasteiger partial charge < -0.3 is 10.6 Å². The largest absolute Gasteiger partial charge is 0.372 e. The van der Waals surface area contributed by atoms with Gasteiger partial charge in [-0.25, -0.2) is 18.7 Å². The van der Waals surface area contributed by atoms with E-state index in [9.17, 15) is 8.78 Å². The Morgan fingerprint density at radius 1 is 1.05 bits per heavy atom. The van der Waals surface area contributed by atoms with Gasteiger partial charge in [-0.1, -0.05) is 15.9 Å². The van der Waals surface area contributed by atoms with Crippen LogP contribution in [0.15, 0.2) is 27.4 Å². The number of hydrogen-bond donors (Lipinski definition) is 2. The van der Waals surface area contributed by atoms with Crippen LogP contribution in [0, 0.1) is 11.6 Å². The molecule has 0 unspecified atom stereocenters. The third-order valence-electron chi connectivity index (χ3n) is 2.28. The fraction of sp³-hybridized carbons (Fsp3) is 0.0909. The van der Waals surface area contributed by atoms with Crippen LogP contribution in [0.5, 0.6) is 0 Å². The molecule has 0 amide bonds. The van der Waals surface area contributed by atoms with E-state index < -0.39 is 11.6 Å². The predicted octanol–water partition coefficient (Wildman–Crippen LogP) is 4.07. The standard InChI is InChI=1S/C11H8Br2F2N4/c1-16-10-8(13)11(18-4-17-10)19-9-6(14)2-5(12)3-7(9)15/h2-4H,1H3,(H2,16,17,18,19). The molecule has 0 aliphatic rings. The van der Waals surface area contributed by atoms with Crippen LogP contribution in [0.4, 0.5) is 26.1 Å². The molecule has 4 nitrogen and oxygen atoms in total. The minimum atomic E-state index is -0.719. The third kappa shape index (κ3) is 3.01. The SMILES string of the molecule is CNc1ncnc(Nc2c(F)cc(Br)cc2F)c1Br. The van der Waals surface area contributed by atoms with Crippen LogP contribution in [0.1, 0.15) is 0 Å². The fourth-order valence-electron chi connectivity index (χ4n) is 1.41. The molecule has 1 heterocycles. The van der Waals surface area contributed by atoms with Crippen LogP contribution in [0.25, 0.3) is 0 Å². The molecule has 1 aromatic heterocycles. The Kier molecular flexibility index (Phi) is 4.31. The summed E-state index contributed by atoms with van der Waals surface area (Å²) < 4.78 is 28.2. The van der Waals surface area contributed by atoms with Crippen LogP contribution in [-0.2, 0) is 0 Å². The van der Waals surface area contributed by atoms with E-state index in [1.54, 1.807) is 7.05 Å². The molecule has 0 aliphatic heterocycles. The molecule has 19 heavy (non-hydrogen) atoms. The van der Waals surface area contributed by atoms with Gasteiger partial charge in [0.25, 0.3) is 0 Å². The van der Waals surface area contributed by atoms with Crippen molar-refractivity contribution in [2.75, 3.05) is 17.7 Å². The van der Waals surface area contributed by atoms with Crippen molar-refractivity contribution in [2.45, 2.75) is 0 Å². The van der Waals surface area contributed by atoms with Gasteiger partial charge in [0.2, 0.25) is 0 Å². The molecule has 0 spiro atoms. The number of anilines is 3. The van der Waals surface area contributed by atoms with Crippen molar-refractivity contribution in [1.82, 2.24) is 9.97 Å². The maximum atomic E-state index is 13.7. The van der Waals surface area contributed by atoms with Gasteiger partial charge in [-0.2, -0.15) is 0 Å². The molecule has 0 aliphatic carbocycles. The predicted molar refractivity (Wildman–Crippen MR) is 76.6 cm³/mol. The van der Waals surface area contributed by atoms with Crippen LogP contribution >= 0.6 is 31.9 Å². The van der Waals surface area contributed by atoms with E-state index in [1.165, 1.54) is 18.5 Å². The van der Waals surface area contributed by atoms with Crippen molar-refractivity contribution in [3.05, 3.63) is 39.0 Å². The number of halogens is 4. The Balaban J connectivity index is 2.42. The second-order valence-electron chi connectivity index (χ2n) is 3.50. The second kappa shape index (κ2) is 5.79. The van der Waals surface area contributed by atoms with E-state index in [0.717, 1.165) is 0 Å². The molecule has 100 valence electrons. The zero-order valence-corrected chi connectivity index (χ0v) is 12.8. The summed E-state index contributed by atoms with van der Waals surface area (Å²) in [5.41, 5.74) is -0.273. The monoisotopic (exact) mass is 392 g/mol. The number of nitrogens with zero attached hydrogens (tertiary/aromatic N) is 2. The molecule has 0 saturated carbocycles. The molecule has 0 fully saturated rings. The first-order valence-corrected chi connectivity index (χ1v) is 6.71. The molecule has 8 heteroatoms. The Morgan fingerprint density at radius 2 is 1.63 bits per heavy atom. The van der Waals surface area contributed by atoms with Crippen LogP contribution in [0.2, 0.25) is 0 Å². The van der Waals surface area contributed by atoms with Crippen LogP contribution in [0.3, 0.4) is 0 Å². The molecular formula is C11H8Br2F2N4. The van der Waals surface area contributed by atoms with Crippen molar-refractivity contribution in [3.8, 4) is 0 Å². The highest BCUT2D eigenvalue weighted by atomic mass is 79.9. The van der Waals surface area contributed by atoms with Crippen LogP contribution < -0.4 is 10.6 Å². The average molecular weight is 394 g/mol. The van der Waals surface area contributed by atoms with E-state index in [4.69, 9.17) is 0 Å². The van der Waals surface area contributed by atoms with Gasteiger partial charge in [0, 0.05) is 11.5 Å². The maximum absolute atomic E-state index is 13.7. The Bertz CT molecular complexity index is 599. The lowest BCUT2D eigenvalue weighted by Crippen LogP contribution is -2.03. The number of aromatic nitrogens is 2. The summed E-state index contributed by atoms with van der Waals surface area (Å²) in [4.78, 5) is 7.89. The second-order valence-corrected chi connectivity index (χ2v) is 5.21. The molecule has 2 aromatic rings. The molecule has 0 bridgehead atoms. The maximum Gasteiger partial charge on any atom is 0.150 e. The van der Waals surface area contributed by atoms with Gasteiger partial charge in [-0.3, -0.25) is 0 Å². The van der Waals surface area contributed by atoms with E-state index >= 15 is 0 Å². The van der Waals surface area contributed by atoms with Gasteiger partial charge in [0.05, 0.1) is 0 Å². The highest BCUT2D eigenvalue weighted by Crippen LogP contribution is 2.31. The van der Waals surface area contributed by atoms with E-state index in [-0.39, 0.29) is 11.5 Å². The number of rotatable bonds is 3. The first kappa shape index (κ1) is 14.1. The summed E-state index contributed by atoms with van der Waals surface area (Å²) in [5.74, 6) is -0.665. The smallest absolute Gasteiger partial charge is 0.150 e. The zero-order chi connectivity index (χ0) is 14.0.